The molecule has 0 saturated heterocycles. The molecule has 0 amide bonds. The molecule has 0 radical (unpaired) electrons. The molecular weight excluding hydrogens is 248 g/mol. The molecule has 102 valence electrons. The molecule has 0 saturated carbocycles. The summed E-state index contributed by atoms with van der Waals surface area (Å²) in [5.74, 6) is 0.0849. The highest BCUT2D eigenvalue weighted by Crippen LogP contribution is 2.13. The van der Waals surface area contributed by atoms with Gasteiger partial charge in [0.2, 0.25) is 6.79 Å². The van der Waals surface area contributed by atoms with Gasteiger partial charge in [0.1, 0.15) is 5.75 Å². The normalized spacial score (nSPS) is 10.2. The summed E-state index contributed by atoms with van der Waals surface area (Å²) in [6, 6.07) is 7.21. The molecular formula is C14H16O5. The average Bonchev–Trinajstić information content (AvgIpc) is 2.45. The van der Waals surface area contributed by atoms with E-state index in [1.807, 2.05) is 12.1 Å². The van der Waals surface area contributed by atoms with Crippen molar-refractivity contribution in [3.05, 3.63) is 48.7 Å². The van der Waals surface area contributed by atoms with Crippen LogP contribution in [0.2, 0.25) is 0 Å². The predicted molar refractivity (Wildman–Crippen MR) is 70.2 cm³/mol. The molecule has 0 aliphatic rings. The van der Waals surface area contributed by atoms with Crippen LogP contribution in [0.25, 0.3) is 6.08 Å². The monoisotopic (exact) mass is 264 g/mol. The van der Waals surface area contributed by atoms with Crippen molar-refractivity contribution in [3.8, 4) is 5.75 Å². The minimum atomic E-state index is -0.519. The second-order valence-corrected chi connectivity index (χ2v) is 3.37. The highest BCUT2D eigenvalue weighted by atomic mass is 16.7. The Labute approximate surface area is 112 Å². The number of carbonyl (C=O) groups is 1. The standard InChI is InChI=1S/C14H16O5/c1-3-14(15)19-11-18-13-6-4-12(5-7-13)8-9-17-10-16-2/h3-9H,1,10-11H2,2H3. The highest BCUT2D eigenvalue weighted by molar-refractivity contribution is 5.81. The van der Waals surface area contributed by atoms with Gasteiger partial charge >= 0.3 is 5.97 Å². The van der Waals surface area contributed by atoms with Gasteiger partial charge in [-0.15, -0.1) is 0 Å². The number of ether oxygens (including phenoxy) is 4. The molecule has 0 bridgehead atoms. The number of hydrogen-bond acceptors (Lipinski definition) is 5. The first-order chi connectivity index (χ1) is 9.26. The van der Waals surface area contributed by atoms with Crippen molar-refractivity contribution < 1.29 is 23.7 Å². The van der Waals surface area contributed by atoms with Crippen LogP contribution in [0.1, 0.15) is 5.56 Å². The number of benzene rings is 1. The molecule has 0 aliphatic heterocycles. The van der Waals surface area contributed by atoms with E-state index in [2.05, 4.69) is 6.58 Å². The van der Waals surface area contributed by atoms with Crippen molar-refractivity contribution >= 4 is 12.0 Å². The van der Waals surface area contributed by atoms with E-state index in [0.717, 1.165) is 11.6 Å². The van der Waals surface area contributed by atoms with Crippen molar-refractivity contribution in [3.63, 3.8) is 0 Å². The van der Waals surface area contributed by atoms with Crippen molar-refractivity contribution in [2.24, 2.45) is 0 Å². The van der Waals surface area contributed by atoms with Gasteiger partial charge in [-0.2, -0.15) is 0 Å². The first-order valence-corrected chi connectivity index (χ1v) is 5.55. The Kier molecular flexibility index (Phi) is 6.82. The number of methoxy groups -OCH3 is 1. The first-order valence-electron chi connectivity index (χ1n) is 5.55. The summed E-state index contributed by atoms with van der Waals surface area (Å²) in [5.41, 5.74) is 0.950. The third-order valence-corrected chi connectivity index (χ3v) is 2.02. The number of esters is 1. The summed E-state index contributed by atoms with van der Waals surface area (Å²) in [6.07, 6.45) is 4.42. The van der Waals surface area contributed by atoms with Gasteiger partial charge in [-0.05, 0) is 23.8 Å². The molecule has 19 heavy (non-hydrogen) atoms. The van der Waals surface area contributed by atoms with Crippen LogP contribution in [0.15, 0.2) is 43.2 Å². The summed E-state index contributed by atoms with van der Waals surface area (Å²) in [4.78, 5) is 10.8. The van der Waals surface area contributed by atoms with E-state index in [1.54, 1.807) is 31.6 Å². The summed E-state index contributed by atoms with van der Waals surface area (Å²) in [7, 11) is 1.55. The Hall–Kier alpha value is -2.27. The van der Waals surface area contributed by atoms with Gasteiger partial charge in [0.15, 0.2) is 6.79 Å². The van der Waals surface area contributed by atoms with Crippen LogP contribution < -0.4 is 4.74 Å². The van der Waals surface area contributed by atoms with Crippen molar-refractivity contribution in [1.82, 2.24) is 0 Å². The Balaban J connectivity index is 2.36. The van der Waals surface area contributed by atoms with Crippen molar-refractivity contribution in [2.75, 3.05) is 20.7 Å². The van der Waals surface area contributed by atoms with Crippen LogP contribution in [0.5, 0.6) is 5.75 Å². The molecule has 0 atom stereocenters. The smallest absolute Gasteiger partial charge is 0.333 e. The maximum Gasteiger partial charge on any atom is 0.333 e. The lowest BCUT2D eigenvalue weighted by Gasteiger charge is -2.05. The molecule has 0 unspecified atom stereocenters. The minimum Gasteiger partial charge on any atom is -0.475 e. The minimum absolute atomic E-state index is 0.142. The quantitative estimate of drug-likeness (QED) is 0.237. The number of rotatable bonds is 8. The molecule has 1 aromatic rings. The van der Waals surface area contributed by atoms with E-state index in [9.17, 15) is 4.79 Å². The molecule has 0 heterocycles. The van der Waals surface area contributed by atoms with Gasteiger partial charge in [-0.1, -0.05) is 18.7 Å². The molecule has 0 aliphatic carbocycles. The van der Waals surface area contributed by atoms with Crippen LogP contribution >= 0.6 is 0 Å². The SMILES string of the molecule is C=CC(=O)OCOc1ccc(C=COCOC)cc1. The topological polar surface area (TPSA) is 54.0 Å². The van der Waals surface area contributed by atoms with Gasteiger partial charge < -0.3 is 18.9 Å². The van der Waals surface area contributed by atoms with Crippen LogP contribution in [-0.2, 0) is 19.0 Å². The van der Waals surface area contributed by atoms with Gasteiger partial charge in [0.05, 0.1) is 6.26 Å². The molecule has 0 fully saturated rings. The highest BCUT2D eigenvalue weighted by Gasteiger charge is 1.97. The Bertz CT molecular complexity index is 422. The van der Waals surface area contributed by atoms with E-state index >= 15 is 0 Å². The molecule has 0 spiro atoms. The lowest BCUT2D eigenvalue weighted by molar-refractivity contribution is -0.144. The molecule has 5 heteroatoms. The zero-order valence-corrected chi connectivity index (χ0v) is 10.7. The largest absolute Gasteiger partial charge is 0.475 e. The molecule has 1 aromatic carbocycles. The van der Waals surface area contributed by atoms with E-state index in [4.69, 9.17) is 18.9 Å². The zero-order valence-electron chi connectivity index (χ0n) is 10.7. The first kappa shape index (κ1) is 14.8. The summed E-state index contributed by atoms with van der Waals surface area (Å²) in [6.45, 7) is 3.35. The lowest BCUT2D eigenvalue weighted by atomic mass is 10.2. The average molecular weight is 264 g/mol. The van der Waals surface area contributed by atoms with Crippen molar-refractivity contribution in [2.45, 2.75) is 0 Å². The fourth-order valence-corrected chi connectivity index (χ4v) is 1.12. The Morgan fingerprint density at radius 1 is 1.26 bits per heavy atom. The van der Waals surface area contributed by atoms with Gasteiger partial charge in [-0.25, -0.2) is 4.79 Å². The van der Waals surface area contributed by atoms with Crippen LogP contribution in [0, 0.1) is 0 Å². The molecule has 0 aromatic heterocycles. The van der Waals surface area contributed by atoms with Crippen molar-refractivity contribution in [1.29, 1.82) is 0 Å². The van der Waals surface area contributed by atoms with Gasteiger partial charge in [0, 0.05) is 13.2 Å². The van der Waals surface area contributed by atoms with E-state index in [0.29, 0.717) is 5.75 Å². The Morgan fingerprint density at radius 3 is 2.63 bits per heavy atom. The number of hydrogen-bond donors (Lipinski definition) is 0. The third kappa shape index (κ3) is 6.28. The second-order valence-electron chi connectivity index (χ2n) is 3.37. The van der Waals surface area contributed by atoms with E-state index < -0.39 is 5.97 Å². The maximum absolute atomic E-state index is 10.8. The summed E-state index contributed by atoms with van der Waals surface area (Å²) >= 11 is 0. The zero-order chi connectivity index (χ0) is 13.9. The van der Waals surface area contributed by atoms with E-state index in [1.165, 1.54) is 0 Å². The van der Waals surface area contributed by atoms with Crippen LogP contribution in [-0.4, -0.2) is 26.7 Å². The number of carbonyl (C=O) groups excluding carboxylic acids is 1. The second kappa shape index (κ2) is 8.77. The molecule has 0 N–H and O–H groups in total. The van der Waals surface area contributed by atoms with Gasteiger partial charge in [0.25, 0.3) is 0 Å². The van der Waals surface area contributed by atoms with E-state index in [-0.39, 0.29) is 13.6 Å². The predicted octanol–water partition coefficient (Wildman–Crippen LogP) is 2.34. The lowest BCUT2D eigenvalue weighted by Crippen LogP contribution is -2.07. The summed E-state index contributed by atoms with van der Waals surface area (Å²) in [5, 5.41) is 0. The van der Waals surface area contributed by atoms with Crippen LogP contribution in [0.3, 0.4) is 0 Å². The maximum atomic E-state index is 10.8. The third-order valence-electron chi connectivity index (χ3n) is 2.02. The fraction of sp³-hybridized carbons (Fsp3) is 0.214. The van der Waals surface area contributed by atoms with Crippen LogP contribution in [0.4, 0.5) is 0 Å². The fourth-order valence-electron chi connectivity index (χ4n) is 1.12. The molecule has 5 nitrogen and oxygen atoms in total. The molecule has 1 rings (SSSR count). The summed E-state index contributed by atoms with van der Waals surface area (Å²) < 4.78 is 19.6. The van der Waals surface area contributed by atoms with Gasteiger partial charge in [-0.3, -0.25) is 0 Å². The Morgan fingerprint density at radius 2 is 2.00 bits per heavy atom.